The molecule has 2 saturated heterocycles. The summed E-state index contributed by atoms with van der Waals surface area (Å²) in [7, 11) is 0. The van der Waals surface area contributed by atoms with Crippen LogP contribution in [0, 0.1) is 5.92 Å². The van der Waals surface area contributed by atoms with Crippen molar-refractivity contribution in [2.24, 2.45) is 5.92 Å². The molecule has 0 atom stereocenters. The van der Waals surface area contributed by atoms with Crippen molar-refractivity contribution >= 4 is 28.6 Å². The summed E-state index contributed by atoms with van der Waals surface area (Å²) in [5.74, 6) is 0.713. The highest BCUT2D eigenvalue weighted by Crippen LogP contribution is 2.34. The highest BCUT2D eigenvalue weighted by molar-refractivity contribution is 5.82. The quantitative estimate of drug-likeness (QED) is 0.931. The minimum atomic E-state index is -0.729. The molecule has 0 radical (unpaired) electrons. The number of benzene rings is 1. The van der Waals surface area contributed by atoms with Crippen molar-refractivity contribution < 1.29 is 9.90 Å². The van der Waals surface area contributed by atoms with Gasteiger partial charge >= 0.3 is 5.97 Å². The third-order valence-corrected chi connectivity index (χ3v) is 4.47. The van der Waals surface area contributed by atoms with Crippen LogP contribution in [-0.2, 0) is 4.79 Å². The number of carbonyl (C=O) groups is 1. The predicted molar refractivity (Wildman–Crippen MR) is 84.3 cm³/mol. The summed E-state index contributed by atoms with van der Waals surface area (Å²) in [4.78, 5) is 24.9. The molecular formula is C16H18N4O2. The molecule has 6 heteroatoms. The molecule has 2 aliphatic heterocycles. The standard InChI is InChI=1S/C16H18N4O2/c21-16(22)11-9-20(10-11)15-14(19-7-3-4-8-19)17-12-5-1-2-6-13(12)18-15/h1-2,5-6,11H,3-4,7-10H2,(H,21,22). The molecule has 1 aromatic heterocycles. The summed E-state index contributed by atoms with van der Waals surface area (Å²) in [5, 5.41) is 9.08. The molecule has 3 heterocycles. The lowest BCUT2D eigenvalue weighted by molar-refractivity contribution is -0.142. The number of nitrogens with zero attached hydrogens (tertiary/aromatic N) is 4. The van der Waals surface area contributed by atoms with E-state index in [0.29, 0.717) is 13.1 Å². The maximum Gasteiger partial charge on any atom is 0.310 e. The second kappa shape index (κ2) is 5.12. The summed E-state index contributed by atoms with van der Waals surface area (Å²) in [6, 6.07) is 7.84. The fraction of sp³-hybridized carbons (Fsp3) is 0.438. The SMILES string of the molecule is O=C(O)C1CN(c2nc3ccccc3nc2N2CCCC2)C1. The second-order valence-electron chi connectivity index (χ2n) is 5.99. The molecule has 1 N–H and O–H groups in total. The monoisotopic (exact) mass is 298 g/mol. The largest absolute Gasteiger partial charge is 0.481 e. The van der Waals surface area contributed by atoms with Crippen molar-refractivity contribution in [2.75, 3.05) is 36.0 Å². The lowest BCUT2D eigenvalue weighted by Gasteiger charge is -2.39. The minimum absolute atomic E-state index is 0.292. The molecular weight excluding hydrogens is 280 g/mol. The van der Waals surface area contributed by atoms with Crippen LogP contribution in [0.3, 0.4) is 0 Å². The molecule has 114 valence electrons. The van der Waals surface area contributed by atoms with Crippen LogP contribution in [-0.4, -0.2) is 47.2 Å². The van der Waals surface area contributed by atoms with E-state index < -0.39 is 5.97 Å². The number of anilines is 2. The summed E-state index contributed by atoms with van der Waals surface area (Å²) in [6.07, 6.45) is 2.34. The lowest BCUT2D eigenvalue weighted by atomic mass is 10.0. The van der Waals surface area contributed by atoms with Crippen LogP contribution in [0.2, 0.25) is 0 Å². The number of carboxylic acid groups (broad SMARTS) is 1. The number of hydrogen-bond donors (Lipinski definition) is 1. The van der Waals surface area contributed by atoms with Crippen molar-refractivity contribution in [1.82, 2.24) is 9.97 Å². The Morgan fingerprint density at radius 3 is 2.09 bits per heavy atom. The number of aromatic nitrogens is 2. The first-order valence-electron chi connectivity index (χ1n) is 7.72. The molecule has 0 amide bonds. The molecule has 6 nitrogen and oxygen atoms in total. The van der Waals surface area contributed by atoms with Crippen LogP contribution in [0.25, 0.3) is 11.0 Å². The molecule has 4 rings (SSSR count). The van der Waals surface area contributed by atoms with Crippen molar-refractivity contribution in [2.45, 2.75) is 12.8 Å². The van der Waals surface area contributed by atoms with Gasteiger partial charge in [-0.05, 0) is 25.0 Å². The number of para-hydroxylation sites is 2. The van der Waals surface area contributed by atoms with Gasteiger partial charge in [0.25, 0.3) is 0 Å². The normalized spacial score (nSPS) is 18.7. The molecule has 0 aliphatic carbocycles. The Kier molecular flexibility index (Phi) is 3.10. The van der Waals surface area contributed by atoms with Gasteiger partial charge in [-0.3, -0.25) is 4.79 Å². The lowest BCUT2D eigenvalue weighted by Crippen LogP contribution is -2.51. The van der Waals surface area contributed by atoms with Gasteiger partial charge in [0.05, 0.1) is 17.0 Å². The average Bonchev–Trinajstić information content (AvgIpc) is 2.98. The van der Waals surface area contributed by atoms with Gasteiger partial charge in [-0.25, -0.2) is 9.97 Å². The van der Waals surface area contributed by atoms with Crippen molar-refractivity contribution in [3.05, 3.63) is 24.3 Å². The molecule has 0 spiro atoms. The van der Waals surface area contributed by atoms with Crippen molar-refractivity contribution in [1.29, 1.82) is 0 Å². The molecule has 0 saturated carbocycles. The van der Waals surface area contributed by atoms with E-state index in [4.69, 9.17) is 15.1 Å². The number of carboxylic acids is 1. The van der Waals surface area contributed by atoms with E-state index in [2.05, 4.69) is 4.90 Å². The van der Waals surface area contributed by atoms with Crippen LogP contribution < -0.4 is 9.80 Å². The summed E-state index contributed by atoms with van der Waals surface area (Å²) >= 11 is 0. The molecule has 2 aromatic rings. The van der Waals surface area contributed by atoms with Gasteiger partial charge in [0.1, 0.15) is 0 Å². The fourth-order valence-electron chi connectivity index (χ4n) is 3.14. The van der Waals surface area contributed by atoms with Gasteiger partial charge in [-0.1, -0.05) is 12.1 Å². The highest BCUT2D eigenvalue weighted by Gasteiger charge is 2.36. The molecule has 0 unspecified atom stereocenters. The first-order chi connectivity index (χ1) is 10.7. The van der Waals surface area contributed by atoms with Gasteiger partial charge < -0.3 is 14.9 Å². The first kappa shape index (κ1) is 13.3. The predicted octanol–water partition coefficient (Wildman–Crippen LogP) is 1.75. The third-order valence-electron chi connectivity index (χ3n) is 4.47. The zero-order valence-electron chi connectivity index (χ0n) is 12.3. The Morgan fingerprint density at radius 1 is 1.00 bits per heavy atom. The first-order valence-corrected chi connectivity index (χ1v) is 7.72. The van der Waals surface area contributed by atoms with Crippen LogP contribution in [0.4, 0.5) is 11.6 Å². The van der Waals surface area contributed by atoms with E-state index in [1.807, 2.05) is 29.2 Å². The van der Waals surface area contributed by atoms with Gasteiger partial charge in [-0.15, -0.1) is 0 Å². The fourth-order valence-corrected chi connectivity index (χ4v) is 3.14. The maximum absolute atomic E-state index is 11.0. The molecule has 1 aromatic carbocycles. The van der Waals surface area contributed by atoms with Gasteiger partial charge in [0.15, 0.2) is 11.6 Å². The van der Waals surface area contributed by atoms with E-state index in [1.165, 1.54) is 12.8 Å². The van der Waals surface area contributed by atoms with Gasteiger partial charge in [0, 0.05) is 26.2 Å². The minimum Gasteiger partial charge on any atom is -0.481 e. The summed E-state index contributed by atoms with van der Waals surface area (Å²) in [5.41, 5.74) is 1.75. The molecule has 22 heavy (non-hydrogen) atoms. The molecule has 2 fully saturated rings. The summed E-state index contributed by atoms with van der Waals surface area (Å²) in [6.45, 7) is 3.03. The van der Waals surface area contributed by atoms with Crippen LogP contribution in [0.1, 0.15) is 12.8 Å². The van der Waals surface area contributed by atoms with E-state index in [9.17, 15) is 4.79 Å². The topological polar surface area (TPSA) is 69.6 Å². The number of fused-ring (bicyclic) bond motifs is 1. The Bertz CT molecular complexity index is 721. The van der Waals surface area contributed by atoms with Crippen molar-refractivity contribution in [3.8, 4) is 0 Å². The number of rotatable bonds is 3. The van der Waals surface area contributed by atoms with Gasteiger partial charge in [0.2, 0.25) is 0 Å². The molecule has 2 aliphatic rings. The maximum atomic E-state index is 11.0. The number of hydrogen-bond acceptors (Lipinski definition) is 5. The smallest absolute Gasteiger partial charge is 0.310 e. The van der Waals surface area contributed by atoms with E-state index in [0.717, 1.165) is 35.8 Å². The zero-order valence-corrected chi connectivity index (χ0v) is 12.3. The van der Waals surface area contributed by atoms with Crippen molar-refractivity contribution in [3.63, 3.8) is 0 Å². The Hall–Kier alpha value is -2.37. The van der Waals surface area contributed by atoms with E-state index in [1.54, 1.807) is 0 Å². The zero-order chi connectivity index (χ0) is 15.1. The number of aliphatic carboxylic acids is 1. The Balaban J connectivity index is 1.74. The van der Waals surface area contributed by atoms with Crippen LogP contribution in [0.15, 0.2) is 24.3 Å². The summed E-state index contributed by atoms with van der Waals surface area (Å²) < 4.78 is 0. The van der Waals surface area contributed by atoms with Gasteiger partial charge in [-0.2, -0.15) is 0 Å². The average molecular weight is 298 g/mol. The Labute approximate surface area is 128 Å². The van der Waals surface area contributed by atoms with Crippen LogP contribution >= 0.6 is 0 Å². The second-order valence-corrected chi connectivity index (χ2v) is 5.99. The Morgan fingerprint density at radius 2 is 1.55 bits per heavy atom. The van der Waals surface area contributed by atoms with E-state index >= 15 is 0 Å². The molecule has 0 bridgehead atoms. The van der Waals surface area contributed by atoms with Crippen LogP contribution in [0.5, 0.6) is 0 Å². The highest BCUT2D eigenvalue weighted by atomic mass is 16.4. The third kappa shape index (κ3) is 2.15. The van der Waals surface area contributed by atoms with E-state index in [-0.39, 0.29) is 5.92 Å².